The first-order valence-corrected chi connectivity index (χ1v) is 12.5. The van der Waals surface area contributed by atoms with E-state index < -0.39 is 0 Å². The van der Waals surface area contributed by atoms with Crippen LogP contribution in [0.2, 0.25) is 0 Å². The van der Waals surface area contributed by atoms with Gasteiger partial charge in [-0.2, -0.15) is 0 Å². The number of anilines is 1. The lowest BCUT2D eigenvalue weighted by molar-refractivity contribution is 0.670. The highest BCUT2D eigenvalue weighted by Crippen LogP contribution is 2.36. The molecule has 6 aromatic rings. The summed E-state index contributed by atoms with van der Waals surface area (Å²) < 4.78 is 6.23. The van der Waals surface area contributed by atoms with Gasteiger partial charge in [0.1, 0.15) is 11.2 Å². The van der Waals surface area contributed by atoms with Crippen LogP contribution in [0.5, 0.6) is 0 Å². The molecule has 7 rings (SSSR count). The summed E-state index contributed by atoms with van der Waals surface area (Å²) in [4.78, 5) is 0. The van der Waals surface area contributed by atoms with E-state index in [0.717, 1.165) is 51.6 Å². The van der Waals surface area contributed by atoms with E-state index in [0.29, 0.717) is 0 Å². The number of fused-ring (bicyclic) bond motifs is 4. The molecule has 0 unspecified atom stereocenters. The van der Waals surface area contributed by atoms with Crippen LogP contribution in [0.25, 0.3) is 49.4 Å². The molecule has 36 heavy (non-hydrogen) atoms. The molecule has 5 aromatic carbocycles. The molecule has 0 amide bonds. The van der Waals surface area contributed by atoms with Crippen LogP contribution in [-0.4, -0.2) is 0 Å². The Kier molecular flexibility index (Phi) is 4.96. The lowest BCUT2D eigenvalue weighted by Crippen LogP contribution is -2.03. The van der Waals surface area contributed by atoms with Crippen molar-refractivity contribution in [3.05, 3.63) is 133 Å². The molecule has 0 saturated heterocycles. The Hall–Kier alpha value is -4.56. The summed E-state index contributed by atoms with van der Waals surface area (Å²) in [6.07, 6.45) is 6.51. The average Bonchev–Trinajstić information content (AvgIpc) is 3.33. The first-order chi connectivity index (χ1) is 17.8. The van der Waals surface area contributed by atoms with Crippen LogP contribution in [0.15, 0.2) is 131 Å². The standard InChI is InChI=1S/C34H25NO/c1-2-7-26-22-27(13-12-23(26)6-1)24-14-18-28(19-15-24)35-29-20-16-25(17-21-29)30-9-5-10-32-31-8-3-4-11-33(31)36-34(30)32/h1-14,16-18,20-22,35H,15,19H2. The van der Waals surface area contributed by atoms with Gasteiger partial charge in [0.25, 0.3) is 0 Å². The minimum absolute atomic E-state index is 0.929. The molecule has 1 N–H and O–H groups in total. The van der Waals surface area contributed by atoms with E-state index in [1.807, 2.05) is 12.1 Å². The zero-order chi connectivity index (χ0) is 23.9. The predicted octanol–water partition coefficient (Wildman–Crippen LogP) is 9.58. The number of benzene rings is 5. The molecule has 1 aliphatic carbocycles. The monoisotopic (exact) mass is 463 g/mol. The number of rotatable bonds is 4. The lowest BCUT2D eigenvalue weighted by atomic mass is 9.94. The molecule has 2 heteroatoms. The average molecular weight is 464 g/mol. The molecule has 0 aliphatic heterocycles. The Morgan fingerprint density at radius 1 is 0.583 bits per heavy atom. The van der Waals surface area contributed by atoms with Crippen LogP contribution in [0.1, 0.15) is 18.4 Å². The van der Waals surface area contributed by atoms with Crippen LogP contribution in [0.4, 0.5) is 5.69 Å². The molecule has 1 aliphatic rings. The fourth-order valence-electron chi connectivity index (χ4n) is 5.26. The third-order valence-corrected chi connectivity index (χ3v) is 7.17. The van der Waals surface area contributed by atoms with E-state index in [2.05, 4.69) is 115 Å². The van der Waals surface area contributed by atoms with Crippen LogP contribution in [0.3, 0.4) is 0 Å². The van der Waals surface area contributed by atoms with Crippen molar-refractivity contribution in [2.75, 3.05) is 5.32 Å². The van der Waals surface area contributed by atoms with Gasteiger partial charge in [-0.15, -0.1) is 0 Å². The van der Waals surface area contributed by atoms with Crippen LogP contribution >= 0.6 is 0 Å². The molecule has 172 valence electrons. The largest absolute Gasteiger partial charge is 0.455 e. The van der Waals surface area contributed by atoms with Gasteiger partial charge in [-0.1, -0.05) is 91.0 Å². The first kappa shape index (κ1) is 20.8. The maximum Gasteiger partial charge on any atom is 0.143 e. The number of hydrogen-bond donors (Lipinski definition) is 1. The van der Waals surface area contributed by atoms with Crippen molar-refractivity contribution in [3.63, 3.8) is 0 Å². The molecular formula is C34H25NO. The Balaban J connectivity index is 1.12. The topological polar surface area (TPSA) is 25.2 Å². The maximum absolute atomic E-state index is 6.23. The van der Waals surface area contributed by atoms with E-state index in [4.69, 9.17) is 4.42 Å². The summed E-state index contributed by atoms with van der Waals surface area (Å²) >= 11 is 0. The van der Waals surface area contributed by atoms with Gasteiger partial charge in [-0.05, 0) is 70.7 Å². The van der Waals surface area contributed by atoms with Crippen LogP contribution in [-0.2, 0) is 0 Å². The molecule has 0 bridgehead atoms. The number of para-hydroxylation sites is 2. The Morgan fingerprint density at radius 3 is 2.22 bits per heavy atom. The Bertz CT molecular complexity index is 1800. The van der Waals surface area contributed by atoms with Gasteiger partial charge < -0.3 is 9.73 Å². The van der Waals surface area contributed by atoms with Crippen molar-refractivity contribution in [1.29, 1.82) is 0 Å². The summed E-state index contributed by atoms with van der Waals surface area (Å²) in [6, 6.07) is 38.6. The SMILES string of the molecule is C1=C(Nc2ccc(-c3cccc4c3oc3ccccc34)cc2)CCC(c2ccc3ccccc3c2)=C1. The van der Waals surface area contributed by atoms with E-state index in [9.17, 15) is 0 Å². The normalized spacial score (nSPS) is 13.7. The van der Waals surface area contributed by atoms with Crippen LogP contribution < -0.4 is 5.32 Å². The zero-order valence-electron chi connectivity index (χ0n) is 19.9. The highest BCUT2D eigenvalue weighted by molar-refractivity contribution is 6.09. The van der Waals surface area contributed by atoms with Gasteiger partial charge in [0.15, 0.2) is 0 Å². The molecule has 1 aromatic heterocycles. The summed E-state index contributed by atoms with van der Waals surface area (Å²) in [7, 11) is 0. The second kappa shape index (κ2) is 8.58. The molecule has 0 atom stereocenters. The van der Waals surface area contributed by atoms with Crippen molar-refractivity contribution in [2.45, 2.75) is 12.8 Å². The fraction of sp³-hybridized carbons (Fsp3) is 0.0588. The summed E-state index contributed by atoms with van der Waals surface area (Å²) in [5.74, 6) is 0. The van der Waals surface area contributed by atoms with Crippen molar-refractivity contribution in [1.82, 2.24) is 0 Å². The quantitative estimate of drug-likeness (QED) is 0.281. The smallest absolute Gasteiger partial charge is 0.143 e. The third-order valence-electron chi connectivity index (χ3n) is 7.17. The molecule has 2 nitrogen and oxygen atoms in total. The van der Waals surface area contributed by atoms with Crippen molar-refractivity contribution in [2.24, 2.45) is 0 Å². The highest BCUT2D eigenvalue weighted by atomic mass is 16.3. The second-order valence-corrected chi connectivity index (χ2v) is 9.43. The van der Waals surface area contributed by atoms with Crippen LogP contribution in [0, 0.1) is 0 Å². The number of nitrogens with one attached hydrogen (secondary N) is 1. The van der Waals surface area contributed by atoms with Gasteiger partial charge >= 0.3 is 0 Å². The van der Waals surface area contributed by atoms with E-state index in [1.165, 1.54) is 27.6 Å². The molecule has 1 heterocycles. The number of allylic oxidation sites excluding steroid dienone is 4. The maximum atomic E-state index is 6.23. The van der Waals surface area contributed by atoms with Gasteiger partial charge in [0, 0.05) is 27.7 Å². The Labute approximate surface area is 210 Å². The zero-order valence-corrected chi connectivity index (χ0v) is 19.9. The van der Waals surface area contributed by atoms with Crippen molar-refractivity contribution < 1.29 is 4.42 Å². The number of hydrogen-bond acceptors (Lipinski definition) is 2. The number of furan rings is 1. The summed E-state index contributed by atoms with van der Waals surface area (Å²) in [6.45, 7) is 0. The van der Waals surface area contributed by atoms with Crippen molar-refractivity contribution in [3.8, 4) is 11.1 Å². The molecule has 0 fully saturated rings. The molecule has 0 saturated carbocycles. The van der Waals surface area contributed by atoms with Gasteiger partial charge in [0.05, 0.1) is 0 Å². The Morgan fingerprint density at radius 2 is 1.36 bits per heavy atom. The van der Waals surface area contributed by atoms with Gasteiger partial charge in [-0.25, -0.2) is 0 Å². The second-order valence-electron chi connectivity index (χ2n) is 9.43. The van der Waals surface area contributed by atoms with Gasteiger partial charge in [-0.3, -0.25) is 0 Å². The molecule has 0 spiro atoms. The molecular weight excluding hydrogens is 438 g/mol. The highest BCUT2D eigenvalue weighted by Gasteiger charge is 2.13. The summed E-state index contributed by atoms with van der Waals surface area (Å²) in [5.41, 5.74) is 9.19. The minimum atomic E-state index is 0.929. The predicted molar refractivity (Wildman–Crippen MR) is 152 cm³/mol. The fourth-order valence-corrected chi connectivity index (χ4v) is 5.26. The summed E-state index contributed by atoms with van der Waals surface area (Å²) in [5, 5.41) is 8.51. The molecule has 0 radical (unpaired) electrons. The third kappa shape index (κ3) is 3.68. The van der Waals surface area contributed by atoms with E-state index >= 15 is 0 Å². The first-order valence-electron chi connectivity index (χ1n) is 12.5. The van der Waals surface area contributed by atoms with Gasteiger partial charge in [0.2, 0.25) is 0 Å². The lowest BCUT2D eigenvalue weighted by Gasteiger charge is -2.17. The van der Waals surface area contributed by atoms with E-state index in [1.54, 1.807) is 0 Å². The van der Waals surface area contributed by atoms with E-state index in [-0.39, 0.29) is 0 Å². The minimum Gasteiger partial charge on any atom is -0.455 e. The van der Waals surface area contributed by atoms with Crippen molar-refractivity contribution >= 4 is 44.0 Å².